The van der Waals surface area contributed by atoms with E-state index in [1.807, 2.05) is 4.57 Å². The standard InChI is InChI=1S/C19H36IN3O3Si/c1-18(2,3)12-19(4,5)15(26-17(21)24)16-22-11-14(20)23(16)13-25-9-10-27(6,7)8/h11,15H,9-10,12-13H2,1-8H3,(H2,21,24). The van der Waals surface area contributed by atoms with Gasteiger partial charge in [0.2, 0.25) is 0 Å². The van der Waals surface area contributed by atoms with Crippen molar-refractivity contribution in [2.45, 2.75) is 79.6 Å². The summed E-state index contributed by atoms with van der Waals surface area (Å²) in [5, 5.41) is 0. The van der Waals surface area contributed by atoms with Crippen molar-refractivity contribution in [2.75, 3.05) is 6.61 Å². The lowest BCUT2D eigenvalue weighted by molar-refractivity contribution is -0.00906. The summed E-state index contributed by atoms with van der Waals surface area (Å²) < 4.78 is 14.4. The van der Waals surface area contributed by atoms with Gasteiger partial charge in [0, 0.05) is 20.1 Å². The van der Waals surface area contributed by atoms with Gasteiger partial charge in [-0.15, -0.1) is 0 Å². The lowest BCUT2D eigenvalue weighted by atomic mass is 9.72. The molecule has 1 atom stereocenters. The van der Waals surface area contributed by atoms with Crippen LogP contribution in [-0.4, -0.2) is 30.3 Å². The van der Waals surface area contributed by atoms with Gasteiger partial charge in [0.1, 0.15) is 10.4 Å². The van der Waals surface area contributed by atoms with Crippen molar-refractivity contribution >= 4 is 36.8 Å². The molecule has 6 nitrogen and oxygen atoms in total. The van der Waals surface area contributed by atoms with Gasteiger partial charge in [0.05, 0.1) is 6.20 Å². The third kappa shape index (κ3) is 8.51. The number of halogens is 1. The number of ether oxygens (including phenoxy) is 2. The quantitative estimate of drug-likeness (QED) is 0.275. The molecule has 0 aliphatic rings. The molecule has 1 rings (SSSR count). The Morgan fingerprint density at radius 2 is 1.89 bits per heavy atom. The van der Waals surface area contributed by atoms with E-state index in [-0.39, 0.29) is 10.8 Å². The second-order valence-electron chi connectivity index (χ2n) is 10.3. The molecule has 1 aromatic rings. The SMILES string of the molecule is CC(C)(C)CC(C)(C)C(OC(N)=O)c1ncc(I)n1COCC[Si](C)(C)C. The van der Waals surface area contributed by atoms with E-state index < -0.39 is 20.3 Å². The minimum absolute atomic E-state index is 0.0706. The zero-order valence-corrected chi connectivity index (χ0v) is 21.2. The van der Waals surface area contributed by atoms with Gasteiger partial charge in [-0.3, -0.25) is 4.57 Å². The normalized spacial score (nSPS) is 14.3. The predicted molar refractivity (Wildman–Crippen MR) is 120 cm³/mol. The van der Waals surface area contributed by atoms with Gasteiger partial charge in [0.15, 0.2) is 11.9 Å². The Morgan fingerprint density at radius 3 is 2.37 bits per heavy atom. The highest BCUT2D eigenvalue weighted by molar-refractivity contribution is 14.1. The zero-order chi connectivity index (χ0) is 21.0. The number of carbonyl (C=O) groups is 1. The first-order valence-electron chi connectivity index (χ1n) is 9.37. The third-order valence-electron chi connectivity index (χ3n) is 4.22. The average Bonchev–Trinajstić information content (AvgIpc) is 2.78. The lowest BCUT2D eigenvalue weighted by Gasteiger charge is -2.37. The monoisotopic (exact) mass is 509 g/mol. The van der Waals surface area contributed by atoms with Crippen LogP contribution in [0.4, 0.5) is 4.79 Å². The van der Waals surface area contributed by atoms with Crippen LogP contribution in [0.15, 0.2) is 6.20 Å². The van der Waals surface area contributed by atoms with Crippen LogP contribution in [-0.2, 0) is 16.2 Å². The van der Waals surface area contributed by atoms with Crippen LogP contribution >= 0.6 is 22.6 Å². The molecule has 1 amide bonds. The first kappa shape index (κ1) is 24.4. The molecule has 27 heavy (non-hydrogen) atoms. The van der Waals surface area contributed by atoms with E-state index in [2.05, 4.69) is 81.8 Å². The number of nitrogens with two attached hydrogens (primary N) is 1. The fourth-order valence-corrected chi connectivity index (χ4v) is 4.66. The molecule has 0 saturated heterocycles. The largest absolute Gasteiger partial charge is 0.438 e. The van der Waals surface area contributed by atoms with Crippen molar-refractivity contribution in [3.05, 3.63) is 15.7 Å². The molecule has 1 unspecified atom stereocenters. The molecule has 0 radical (unpaired) electrons. The topological polar surface area (TPSA) is 79.4 Å². The fourth-order valence-electron chi connectivity index (χ4n) is 3.38. The highest BCUT2D eigenvalue weighted by Crippen LogP contribution is 2.44. The van der Waals surface area contributed by atoms with Crippen molar-refractivity contribution in [2.24, 2.45) is 16.6 Å². The molecule has 2 N–H and O–H groups in total. The number of nitrogens with zero attached hydrogens (tertiary/aromatic N) is 2. The van der Waals surface area contributed by atoms with Crippen LogP contribution in [0.1, 0.15) is 53.0 Å². The van der Waals surface area contributed by atoms with E-state index in [1.54, 1.807) is 6.20 Å². The summed E-state index contributed by atoms with van der Waals surface area (Å²) in [7, 11) is -1.14. The van der Waals surface area contributed by atoms with Gasteiger partial charge in [-0.25, -0.2) is 9.78 Å². The number of carbonyl (C=O) groups excluding carboxylic acids is 1. The third-order valence-corrected chi connectivity index (χ3v) is 6.78. The molecule has 0 fully saturated rings. The van der Waals surface area contributed by atoms with Crippen LogP contribution in [0.3, 0.4) is 0 Å². The molecule has 156 valence electrons. The predicted octanol–water partition coefficient (Wildman–Crippen LogP) is 5.40. The number of primary amides is 1. The molecular formula is C19H36IN3O3Si. The maximum absolute atomic E-state index is 11.6. The van der Waals surface area contributed by atoms with E-state index in [1.165, 1.54) is 0 Å². The molecule has 1 aromatic heterocycles. The van der Waals surface area contributed by atoms with E-state index in [9.17, 15) is 4.79 Å². The molecule has 0 bridgehead atoms. The molecule has 0 aliphatic carbocycles. The fraction of sp³-hybridized carbons (Fsp3) is 0.789. The summed E-state index contributed by atoms with van der Waals surface area (Å²) in [4.78, 5) is 16.2. The second kappa shape index (κ2) is 9.26. The number of hydrogen-bond acceptors (Lipinski definition) is 4. The second-order valence-corrected chi connectivity index (χ2v) is 17.0. The summed E-state index contributed by atoms with van der Waals surface area (Å²) >= 11 is 2.23. The van der Waals surface area contributed by atoms with E-state index in [4.69, 9.17) is 15.2 Å². The summed E-state index contributed by atoms with van der Waals surface area (Å²) in [6.07, 6.45) is 1.30. The number of imidazole rings is 1. The molecule has 8 heteroatoms. The highest BCUT2D eigenvalue weighted by Gasteiger charge is 2.40. The number of rotatable bonds is 9. The smallest absolute Gasteiger partial charge is 0.405 e. The molecule has 0 saturated carbocycles. The Morgan fingerprint density at radius 1 is 1.30 bits per heavy atom. The van der Waals surface area contributed by atoms with Gasteiger partial charge in [-0.1, -0.05) is 54.3 Å². The Labute approximate surface area is 178 Å². The van der Waals surface area contributed by atoms with Gasteiger partial charge in [0.25, 0.3) is 0 Å². The van der Waals surface area contributed by atoms with Gasteiger partial charge in [-0.05, 0) is 40.5 Å². The lowest BCUT2D eigenvalue weighted by Crippen LogP contribution is -2.34. The van der Waals surface area contributed by atoms with Crippen LogP contribution < -0.4 is 5.73 Å². The first-order valence-corrected chi connectivity index (χ1v) is 14.2. The average molecular weight is 510 g/mol. The van der Waals surface area contributed by atoms with Gasteiger partial charge < -0.3 is 15.2 Å². The van der Waals surface area contributed by atoms with Gasteiger partial charge >= 0.3 is 6.09 Å². The summed E-state index contributed by atoms with van der Waals surface area (Å²) in [5.74, 6) is 0.681. The van der Waals surface area contributed by atoms with Crippen LogP contribution in [0, 0.1) is 14.5 Å². The minimum atomic E-state index is -1.14. The van der Waals surface area contributed by atoms with Crippen LogP contribution in [0.5, 0.6) is 0 Å². The van der Waals surface area contributed by atoms with Crippen molar-refractivity contribution in [1.82, 2.24) is 9.55 Å². The Balaban J connectivity index is 3.08. The maximum atomic E-state index is 11.6. The molecule has 1 heterocycles. The minimum Gasteiger partial charge on any atom is -0.438 e. The number of amides is 1. The first-order chi connectivity index (χ1) is 12.1. The van der Waals surface area contributed by atoms with Crippen molar-refractivity contribution in [1.29, 1.82) is 0 Å². The van der Waals surface area contributed by atoms with Crippen molar-refractivity contribution < 1.29 is 14.3 Å². The van der Waals surface area contributed by atoms with Crippen LogP contribution in [0.25, 0.3) is 0 Å². The van der Waals surface area contributed by atoms with E-state index in [0.29, 0.717) is 12.6 Å². The van der Waals surface area contributed by atoms with Gasteiger partial charge in [-0.2, -0.15) is 0 Å². The van der Waals surface area contributed by atoms with E-state index in [0.717, 1.165) is 22.8 Å². The molecule has 0 spiro atoms. The molecule has 0 aliphatic heterocycles. The maximum Gasteiger partial charge on any atom is 0.405 e. The Kier molecular flexibility index (Phi) is 8.37. The summed E-state index contributed by atoms with van der Waals surface area (Å²) in [6.45, 7) is 18.8. The summed E-state index contributed by atoms with van der Waals surface area (Å²) in [5.41, 5.74) is 5.13. The zero-order valence-electron chi connectivity index (χ0n) is 18.1. The van der Waals surface area contributed by atoms with Crippen LogP contribution in [0.2, 0.25) is 25.7 Å². The Hall–Kier alpha value is -0.613. The Bertz CT molecular complexity index is 633. The van der Waals surface area contributed by atoms with Crippen molar-refractivity contribution in [3.8, 4) is 0 Å². The summed E-state index contributed by atoms with van der Waals surface area (Å²) in [6, 6.07) is 1.10. The van der Waals surface area contributed by atoms with Crippen molar-refractivity contribution in [3.63, 3.8) is 0 Å². The number of aromatic nitrogens is 2. The molecular weight excluding hydrogens is 473 g/mol. The number of hydrogen-bond donors (Lipinski definition) is 1. The van der Waals surface area contributed by atoms with E-state index >= 15 is 0 Å². The highest BCUT2D eigenvalue weighted by atomic mass is 127. The molecule has 0 aromatic carbocycles.